The van der Waals surface area contributed by atoms with Crippen molar-refractivity contribution in [2.45, 2.75) is 25.7 Å². The summed E-state index contributed by atoms with van der Waals surface area (Å²) >= 11 is 0. The normalized spacial score (nSPS) is 17.6. The van der Waals surface area contributed by atoms with E-state index in [0.29, 0.717) is 0 Å². The maximum atomic E-state index is 6.22. The van der Waals surface area contributed by atoms with Crippen LogP contribution in [0.15, 0.2) is 59.9 Å². The average Bonchev–Trinajstić information content (AvgIpc) is 2.58. The molecule has 3 aliphatic rings. The van der Waals surface area contributed by atoms with Gasteiger partial charge >= 0.3 is 0 Å². The molecule has 0 bridgehead atoms. The summed E-state index contributed by atoms with van der Waals surface area (Å²) in [6.45, 7) is 0. The number of para-hydroxylation sites is 1. The largest absolute Gasteiger partial charge is 0.453 e. The first kappa shape index (κ1) is 12.1. The minimum atomic E-state index is 0.904. The molecule has 2 heteroatoms. The van der Waals surface area contributed by atoms with E-state index in [9.17, 15) is 0 Å². The average molecular weight is 288 g/mol. The van der Waals surface area contributed by atoms with Gasteiger partial charge in [-0.15, -0.1) is 0 Å². The van der Waals surface area contributed by atoms with Gasteiger partial charge in [0.1, 0.15) is 11.5 Å². The summed E-state index contributed by atoms with van der Waals surface area (Å²) in [7, 11) is 0. The van der Waals surface area contributed by atoms with Crippen molar-refractivity contribution in [1.82, 2.24) is 0 Å². The lowest BCUT2D eigenvalue weighted by molar-refractivity contribution is 0.370. The van der Waals surface area contributed by atoms with Crippen LogP contribution in [-0.2, 0) is 12.8 Å². The van der Waals surface area contributed by atoms with E-state index in [4.69, 9.17) is 9.47 Å². The Balaban J connectivity index is 1.61. The topological polar surface area (TPSA) is 18.5 Å². The third-order valence-electron chi connectivity index (χ3n) is 4.69. The smallest absolute Gasteiger partial charge is 0.173 e. The first-order valence-corrected chi connectivity index (χ1v) is 7.85. The fraction of sp³-hybridized carbons (Fsp3) is 0.200. The van der Waals surface area contributed by atoms with E-state index >= 15 is 0 Å². The first-order chi connectivity index (χ1) is 10.9. The molecule has 1 aliphatic carbocycles. The highest BCUT2D eigenvalue weighted by molar-refractivity contribution is 5.61. The number of hydrogen-bond donors (Lipinski definition) is 0. The number of rotatable bonds is 0. The van der Waals surface area contributed by atoms with Gasteiger partial charge in [-0.2, -0.15) is 0 Å². The van der Waals surface area contributed by atoms with Crippen LogP contribution in [0.3, 0.4) is 0 Å². The molecule has 0 saturated heterocycles. The second-order valence-electron chi connectivity index (χ2n) is 6.12. The fourth-order valence-electron chi connectivity index (χ4n) is 3.52. The lowest BCUT2D eigenvalue weighted by Gasteiger charge is -2.29. The second-order valence-corrected chi connectivity index (χ2v) is 6.12. The summed E-state index contributed by atoms with van der Waals surface area (Å²) < 4.78 is 12.4. The zero-order valence-electron chi connectivity index (χ0n) is 12.3. The van der Waals surface area contributed by atoms with Crippen molar-refractivity contribution in [3.8, 4) is 17.2 Å². The molecule has 0 N–H and O–H groups in total. The SMILES string of the molecule is C1=CC2=C(CC1)Cc1ccc3c(c1O2)Oc1ccccc1C3. The van der Waals surface area contributed by atoms with Crippen molar-refractivity contribution in [3.05, 3.63) is 76.6 Å². The van der Waals surface area contributed by atoms with Crippen molar-refractivity contribution in [1.29, 1.82) is 0 Å². The molecule has 0 radical (unpaired) electrons. The highest BCUT2D eigenvalue weighted by atomic mass is 16.5. The molecule has 0 spiro atoms. The predicted molar refractivity (Wildman–Crippen MR) is 85.5 cm³/mol. The molecule has 0 aromatic heterocycles. The van der Waals surface area contributed by atoms with Crippen LogP contribution in [0.5, 0.6) is 17.2 Å². The van der Waals surface area contributed by atoms with E-state index in [0.717, 1.165) is 48.7 Å². The van der Waals surface area contributed by atoms with Gasteiger partial charge in [0.25, 0.3) is 0 Å². The van der Waals surface area contributed by atoms with Gasteiger partial charge in [-0.1, -0.05) is 36.4 Å². The first-order valence-electron chi connectivity index (χ1n) is 7.85. The highest BCUT2D eigenvalue weighted by Gasteiger charge is 2.27. The molecule has 0 saturated carbocycles. The zero-order chi connectivity index (χ0) is 14.5. The van der Waals surface area contributed by atoms with Crippen molar-refractivity contribution >= 4 is 0 Å². The number of fused-ring (bicyclic) bond motifs is 4. The predicted octanol–water partition coefficient (Wildman–Crippen LogP) is 4.92. The van der Waals surface area contributed by atoms with Crippen LogP contribution in [-0.4, -0.2) is 0 Å². The van der Waals surface area contributed by atoms with Crippen LogP contribution in [0.1, 0.15) is 29.5 Å². The zero-order valence-corrected chi connectivity index (χ0v) is 12.3. The molecule has 5 rings (SSSR count). The van der Waals surface area contributed by atoms with Crippen LogP contribution in [0.4, 0.5) is 0 Å². The molecule has 2 aromatic carbocycles. The quantitative estimate of drug-likeness (QED) is 0.584. The van der Waals surface area contributed by atoms with Crippen LogP contribution >= 0.6 is 0 Å². The van der Waals surface area contributed by atoms with Gasteiger partial charge in [0.05, 0.1) is 0 Å². The van der Waals surface area contributed by atoms with E-state index in [1.165, 1.54) is 22.3 Å². The number of hydrogen-bond acceptors (Lipinski definition) is 2. The Hall–Kier alpha value is -2.48. The lowest BCUT2D eigenvalue weighted by Crippen LogP contribution is -2.14. The molecule has 2 aliphatic heterocycles. The van der Waals surface area contributed by atoms with Crippen LogP contribution in [0, 0.1) is 0 Å². The molecular weight excluding hydrogens is 272 g/mol. The molecule has 108 valence electrons. The molecule has 2 aromatic rings. The van der Waals surface area contributed by atoms with Gasteiger partial charge in [-0.25, -0.2) is 0 Å². The minimum absolute atomic E-state index is 0.904. The molecule has 0 unspecified atom stereocenters. The maximum Gasteiger partial charge on any atom is 0.173 e. The number of allylic oxidation sites excluding steroid dienone is 3. The molecule has 0 fully saturated rings. The summed E-state index contributed by atoms with van der Waals surface area (Å²) in [5.41, 5.74) is 5.10. The van der Waals surface area contributed by atoms with E-state index in [-0.39, 0.29) is 0 Å². The standard InChI is InChI=1S/C20H16O2/c1-3-7-17-13(5-1)11-15-9-10-16-12-14-6-2-4-8-18(14)22-20(16)19(15)21-17/h1,3-5,7-10H,2,6,11-12H2. The van der Waals surface area contributed by atoms with Gasteiger partial charge in [-0.3, -0.25) is 0 Å². The van der Waals surface area contributed by atoms with Crippen molar-refractivity contribution < 1.29 is 9.47 Å². The summed E-state index contributed by atoms with van der Waals surface area (Å²) in [5, 5.41) is 0. The van der Waals surface area contributed by atoms with Gasteiger partial charge in [0, 0.05) is 24.0 Å². The monoisotopic (exact) mass is 288 g/mol. The third kappa shape index (κ3) is 1.73. The van der Waals surface area contributed by atoms with Crippen LogP contribution in [0.2, 0.25) is 0 Å². The molecule has 0 amide bonds. The Morgan fingerprint density at radius 3 is 2.55 bits per heavy atom. The molecule has 2 nitrogen and oxygen atoms in total. The van der Waals surface area contributed by atoms with E-state index in [1.807, 2.05) is 12.1 Å². The van der Waals surface area contributed by atoms with Gasteiger partial charge in [0.15, 0.2) is 11.5 Å². The third-order valence-corrected chi connectivity index (χ3v) is 4.69. The highest BCUT2D eigenvalue weighted by Crippen LogP contribution is 2.47. The minimum Gasteiger partial charge on any atom is -0.453 e. The lowest BCUT2D eigenvalue weighted by atomic mass is 9.91. The fourth-order valence-corrected chi connectivity index (χ4v) is 3.52. The van der Waals surface area contributed by atoms with Crippen molar-refractivity contribution in [2.24, 2.45) is 0 Å². The second kappa shape index (κ2) is 4.51. The Labute approximate surface area is 129 Å². The Bertz CT molecular complexity index is 843. The van der Waals surface area contributed by atoms with E-state index in [1.54, 1.807) is 0 Å². The summed E-state index contributed by atoms with van der Waals surface area (Å²) in [6.07, 6.45) is 8.41. The van der Waals surface area contributed by atoms with E-state index in [2.05, 4.69) is 36.4 Å². The summed E-state index contributed by atoms with van der Waals surface area (Å²) in [4.78, 5) is 0. The van der Waals surface area contributed by atoms with Gasteiger partial charge in [-0.05, 0) is 36.1 Å². The molecular formula is C20H16O2. The van der Waals surface area contributed by atoms with Crippen LogP contribution in [0.25, 0.3) is 0 Å². The maximum absolute atomic E-state index is 6.22. The van der Waals surface area contributed by atoms with E-state index < -0.39 is 0 Å². The Kier molecular flexibility index (Phi) is 2.48. The molecule has 22 heavy (non-hydrogen) atoms. The summed E-state index contributed by atoms with van der Waals surface area (Å²) in [6, 6.07) is 12.6. The number of benzene rings is 2. The molecule has 2 heterocycles. The van der Waals surface area contributed by atoms with Crippen molar-refractivity contribution in [3.63, 3.8) is 0 Å². The Morgan fingerprint density at radius 2 is 1.59 bits per heavy atom. The molecule has 0 atom stereocenters. The number of ether oxygens (including phenoxy) is 2. The Morgan fingerprint density at radius 1 is 0.773 bits per heavy atom. The van der Waals surface area contributed by atoms with Crippen LogP contribution < -0.4 is 9.47 Å². The summed E-state index contributed by atoms with van der Waals surface area (Å²) in [5.74, 6) is 3.79. The van der Waals surface area contributed by atoms with Crippen molar-refractivity contribution in [2.75, 3.05) is 0 Å². The van der Waals surface area contributed by atoms with Gasteiger partial charge in [0.2, 0.25) is 0 Å². The van der Waals surface area contributed by atoms with Gasteiger partial charge < -0.3 is 9.47 Å².